The normalized spacial score (nSPS) is 12.3. The smallest absolute Gasteiger partial charge is 0.404 e. The minimum atomic E-state index is -1.07. The Kier molecular flexibility index (Phi) is 5.03. The lowest BCUT2D eigenvalue weighted by atomic mass is 10.1. The summed E-state index contributed by atoms with van der Waals surface area (Å²) in [7, 11) is 0. The van der Waals surface area contributed by atoms with Crippen molar-refractivity contribution in [2.75, 3.05) is 6.54 Å². The van der Waals surface area contributed by atoms with Crippen LogP contribution < -0.4 is 10.9 Å². The summed E-state index contributed by atoms with van der Waals surface area (Å²) in [5, 5.41) is 12.0. The number of amides is 1. The average Bonchev–Trinajstić information content (AvgIpc) is 3.09. The van der Waals surface area contributed by atoms with Crippen LogP contribution in [-0.2, 0) is 13.0 Å². The van der Waals surface area contributed by atoms with Gasteiger partial charge in [-0.25, -0.2) is 9.78 Å². The standard InChI is InChI=1S/C22H21N3O4/c1-14(12-23-22(27)28)11-18-24-19-16-9-5-6-10-17(16)29-20(19)21(26)25(18)13-15-7-3-2-4-8-15/h2-10,14,23H,11-13H2,1H3,(H,27,28). The Morgan fingerprint density at radius 3 is 2.66 bits per heavy atom. The molecule has 2 aromatic carbocycles. The van der Waals surface area contributed by atoms with Gasteiger partial charge in [-0.15, -0.1) is 0 Å². The molecule has 0 spiro atoms. The summed E-state index contributed by atoms with van der Waals surface area (Å²) >= 11 is 0. The Hall–Kier alpha value is -3.61. The fourth-order valence-electron chi connectivity index (χ4n) is 3.45. The van der Waals surface area contributed by atoms with E-state index < -0.39 is 6.09 Å². The van der Waals surface area contributed by atoms with Crippen molar-refractivity contribution in [2.45, 2.75) is 19.9 Å². The monoisotopic (exact) mass is 391 g/mol. The first-order valence-electron chi connectivity index (χ1n) is 9.44. The summed E-state index contributed by atoms with van der Waals surface area (Å²) in [6, 6.07) is 17.1. The lowest BCUT2D eigenvalue weighted by Gasteiger charge is -2.16. The van der Waals surface area contributed by atoms with Crippen molar-refractivity contribution < 1.29 is 14.3 Å². The van der Waals surface area contributed by atoms with E-state index in [1.807, 2.05) is 61.5 Å². The highest BCUT2D eigenvalue weighted by molar-refractivity contribution is 6.01. The van der Waals surface area contributed by atoms with E-state index in [2.05, 4.69) is 5.32 Å². The minimum Gasteiger partial charge on any atom is -0.465 e. The number of fused-ring (bicyclic) bond motifs is 3. The summed E-state index contributed by atoms with van der Waals surface area (Å²) in [4.78, 5) is 28.9. The van der Waals surface area contributed by atoms with Gasteiger partial charge in [-0.3, -0.25) is 9.36 Å². The third-order valence-electron chi connectivity index (χ3n) is 4.88. The average molecular weight is 391 g/mol. The minimum absolute atomic E-state index is 0.0318. The maximum absolute atomic E-state index is 13.3. The van der Waals surface area contributed by atoms with E-state index in [0.29, 0.717) is 29.9 Å². The molecule has 0 radical (unpaired) electrons. The van der Waals surface area contributed by atoms with Gasteiger partial charge in [0.15, 0.2) is 0 Å². The molecule has 1 unspecified atom stereocenters. The zero-order valence-corrected chi connectivity index (χ0v) is 16.0. The van der Waals surface area contributed by atoms with Gasteiger partial charge in [-0.05, 0) is 23.6 Å². The molecule has 4 aromatic rings. The first-order valence-corrected chi connectivity index (χ1v) is 9.44. The zero-order chi connectivity index (χ0) is 20.4. The molecule has 0 aliphatic heterocycles. The number of nitrogens with one attached hydrogen (secondary N) is 1. The maximum atomic E-state index is 13.3. The molecule has 0 saturated carbocycles. The van der Waals surface area contributed by atoms with E-state index in [1.165, 1.54) is 0 Å². The molecule has 0 fully saturated rings. The molecule has 7 heteroatoms. The Balaban J connectivity index is 1.83. The Labute approximate surface area is 166 Å². The molecule has 0 aliphatic rings. The summed E-state index contributed by atoms with van der Waals surface area (Å²) in [5.41, 5.74) is 2.15. The molecule has 0 saturated heterocycles. The number of hydrogen-bond donors (Lipinski definition) is 2. The molecule has 1 amide bonds. The summed E-state index contributed by atoms with van der Waals surface area (Å²) in [6.45, 7) is 2.57. The van der Waals surface area contributed by atoms with Crippen molar-refractivity contribution in [3.63, 3.8) is 0 Å². The second-order valence-electron chi connectivity index (χ2n) is 7.18. The lowest BCUT2D eigenvalue weighted by Crippen LogP contribution is -2.30. The van der Waals surface area contributed by atoms with Crippen molar-refractivity contribution in [1.29, 1.82) is 0 Å². The van der Waals surface area contributed by atoms with Crippen LogP contribution in [0.2, 0.25) is 0 Å². The van der Waals surface area contributed by atoms with Gasteiger partial charge >= 0.3 is 6.09 Å². The molecule has 4 rings (SSSR count). The molecule has 0 aliphatic carbocycles. The van der Waals surface area contributed by atoms with Crippen molar-refractivity contribution in [3.05, 3.63) is 76.3 Å². The molecular weight excluding hydrogens is 370 g/mol. The van der Waals surface area contributed by atoms with Gasteiger partial charge in [0, 0.05) is 18.4 Å². The first-order chi connectivity index (χ1) is 14.0. The highest BCUT2D eigenvalue weighted by Crippen LogP contribution is 2.25. The number of benzene rings is 2. The van der Waals surface area contributed by atoms with Crippen LogP contribution in [-0.4, -0.2) is 27.3 Å². The van der Waals surface area contributed by atoms with E-state index >= 15 is 0 Å². The van der Waals surface area contributed by atoms with Crippen LogP contribution in [0.5, 0.6) is 0 Å². The Morgan fingerprint density at radius 2 is 1.90 bits per heavy atom. The van der Waals surface area contributed by atoms with Crippen LogP contribution in [0.1, 0.15) is 18.3 Å². The highest BCUT2D eigenvalue weighted by Gasteiger charge is 2.19. The van der Waals surface area contributed by atoms with Gasteiger partial charge < -0.3 is 14.8 Å². The lowest BCUT2D eigenvalue weighted by molar-refractivity contribution is 0.192. The van der Waals surface area contributed by atoms with Crippen LogP contribution in [0.4, 0.5) is 4.79 Å². The SMILES string of the molecule is CC(CNC(=O)O)Cc1nc2c(oc3ccccc32)c(=O)n1Cc1ccccc1. The number of furan rings is 1. The number of hydrogen-bond acceptors (Lipinski definition) is 4. The van der Waals surface area contributed by atoms with E-state index in [0.717, 1.165) is 10.9 Å². The van der Waals surface area contributed by atoms with Crippen molar-refractivity contribution in [1.82, 2.24) is 14.9 Å². The van der Waals surface area contributed by atoms with Crippen molar-refractivity contribution in [2.24, 2.45) is 5.92 Å². The van der Waals surface area contributed by atoms with Crippen LogP contribution in [0, 0.1) is 5.92 Å². The fourth-order valence-corrected chi connectivity index (χ4v) is 3.45. The molecule has 29 heavy (non-hydrogen) atoms. The van der Waals surface area contributed by atoms with E-state index in [4.69, 9.17) is 14.5 Å². The molecule has 1 atom stereocenters. The number of nitrogens with zero attached hydrogens (tertiary/aromatic N) is 2. The van der Waals surface area contributed by atoms with Gasteiger partial charge in [0.25, 0.3) is 5.56 Å². The molecule has 2 aromatic heterocycles. The molecule has 148 valence electrons. The second kappa shape index (κ2) is 7.79. The van der Waals surface area contributed by atoms with Gasteiger partial charge in [-0.2, -0.15) is 0 Å². The van der Waals surface area contributed by atoms with E-state index in [-0.39, 0.29) is 23.6 Å². The third kappa shape index (κ3) is 3.85. The second-order valence-corrected chi connectivity index (χ2v) is 7.18. The van der Waals surface area contributed by atoms with Crippen LogP contribution in [0.25, 0.3) is 22.1 Å². The van der Waals surface area contributed by atoms with E-state index in [9.17, 15) is 9.59 Å². The Morgan fingerprint density at radius 1 is 1.17 bits per heavy atom. The van der Waals surface area contributed by atoms with Gasteiger partial charge in [-0.1, -0.05) is 49.4 Å². The van der Waals surface area contributed by atoms with Gasteiger partial charge in [0.05, 0.1) is 6.54 Å². The predicted octanol–water partition coefficient (Wildman–Crippen LogP) is 3.64. The maximum Gasteiger partial charge on any atom is 0.404 e. The van der Waals surface area contributed by atoms with Crippen molar-refractivity contribution in [3.8, 4) is 0 Å². The van der Waals surface area contributed by atoms with Crippen LogP contribution in [0.15, 0.2) is 63.8 Å². The number of carboxylic acid groups (broad SMARTS) is 1. The fraction of sp³-hybridized carbons (Fsp3) is 0.227. The molecule has 7 nitrogen and oxygen atoms in total. The number of aromatic nitrogens is 2. The number of para-hydroxylation sites is 1. The number of carbonyl (C=O) groups is 1. The summed E-state index contributed by atoms with van der Waals surface area (Å²) in [5.74, 6) is 0.577. The summed E-state index contributed by atoms with van der Waals surface area (Å²) < 4.78 is 7.44. The van der Waals surface area contributed by atoms with Crippen LogP contribution >= 0.6 is 0 Å². The molecule has 0 bridgehead atoms. The molecular formula is C22H21N3O4. The highest BCUT2D eigenvalue weighted by atomic mass is 16.4. The Bertz CT molecular complexity index is 1230. The molecule has 2 heterocycles. The van der Waals surface area contributed by atoms with Crippen LogP contribution in [0.3, 0.4) is 0 Å². The topological polar surface area (TPSA) is 97.4 Å². The number of rotatable bonds is 6. The predicted molar refractivity (Wildman–Crippen MR) is 110 cm³/mol. The largest absolute Gasteiger partial charge is 0.465 e. The molecule has 2 N–H and O–H groups in total. The quantitative estimate of drug-likeness (QED) is 0.523. The summed E-state index contributed by atoms with van der Waals surface area (Å²) in [6.07, 6.45) is -0.611. The zero-order valence-electron chi connectivity index (χ0n) is 16.0. The third-order valence-corrected chi connectivity index (χ3v) is 4.88. The van der Waals surface area contributed by atoms with Gasteiger partial charge in [0.2, 0.25) is 5.58 Å². The first kappa shape index (κ1) is 18.7. The van der Waals surface area contributed by atoms with Crippen molar-refractivity contribution >= 4 is 28.2 Å². The van der Waals surface area contributed by atoms with E-state index in [1.54, 1.807) is 4.57 Å². The van der Waals surface area contributed by atoms with Gasteiger partial charge in [0.1, 0.15) is 16.9 Å².